The van der Waals surface area contributed by atoms with Crippen molar-refractivity contribution in [2.45, 2.75) is 32.6 Å². The molecule has 0 spiro atoms. The second-order valence-electron chi connectivity index (χ2n) is 5.29. The van der Waals surface area contributed by atoms with Crippen LogP contribution in [-0.2, 0) is 6.42 Å². The van der Waals surface area contributed by atoms with Crippen LogP contribution in [0.25, 0.3) is 0 Å². The zero-order valence-corrected chi connectivity index (χ0v) is 12.9. The number of carbonyl (C=O) groups excluding carboxylic acids is 1. The zero-order chi connectivity index (χ0) is 13.8. The molecule has 0 unspecified atom stereocenters. The number of Topliss-reactive ketones (excluding diaryl/α,β-unsaturated/α-hetero) is 1. The first-order chi connectivity index (χ1) is 9.11. The van der Waals surface area contributed by atoms with Crippen LogP contribution in [0.15, 0.2) is 0 Å². The van der Waals surface area contributed by atoms with Crippen molar-refractivity contribution in [2.75, 3.05) is 38.6 Å². The molecule has 0 saturated heterocycles. The Hall–Kier alpha value is -0.940. The summed E-state index contributed by atoms with van der Waals surface area (Å²) >= 11 is 1.59. The standard InChI is InChI=1S/C14H23N3OS/c1-4-17(10-6-9-16(2)3)14-15-11-7-5-8-12(18)13(11)19-14/h4-10H2,1-3H3. The lowest BCUT2D eigenvalue weighted by molar-refractivity contribution is 0.0976. The van der Waals surface area contributed by atoms with Gasteiger partial charge in [0.15, 0.2) is 10.9 Å². The van der Waals surface area contributed by atoms with Crippen molar-refractivity contribution in [3.63, 3.8) is 0 Å². The van der Waals surface area contributed by atoms with Crippen molar-refractivity contribution in [1.82, 2.24) is 9.88 Å². The van der Waals surface area contributed by atoms with E-state index in [1.165, 1.54) is 0 Å². The first kappa shape index (κ1) is 14.5. The molecule has 106 valence electrons. The minimum absolute atomic E-state index is 0.286. The van der Waals surface area contributed by atoms with Crippen LogP contribution < -0.4 is 4.90 Å². The van der Waals surface area contributed by atoms with Crippen molar-refractivity contribution in [3.8, 4) is 0 Å². The highest BCUT2D eigenvalue weighted by molar-refractivity contribution is 7.17. The molecule has 1 aromatic heterocycles. The molecule has 0 aromatic carbocycles. The van der Waals surface area contributed by atoms with Gasteiger partial charge in [0.05, 0.1) is 10.6 Å². The monoisotopic (exact) mass is 281 g/mol. The molecule has 0 fully saturated rings. The Balaban J connectivity index is 2.04. The molecule has 0 saturated carbocycles. The normalized spacial score (nSPS) is 14.8. The average Bonchev–Trinajstić information content (AvgIpc) is 2.79. The van der Waals surface area contributed by atoms with Gasteiger partial charge in [-0.15, -0.1) is 0 Å². The highest BCUT2D eigenvalue weighted by atomic mass is 32.1. The Morgan fingerprint density at radius 2 is 2.05 bits per heavy atom. The fourth-order valence-corrected chi connectivity index (χ4v) is 3.53. The predicted molar refractivity (Wildman–Crippen MR) is 80.4 cm³/mol. The Morgan fingerprint density at radius 3 is 2.68 bits per heavy atom. The van der Waals surface area contributed by atoms with Crippen LogP contribution in [-0.4, -0.2) is 49.4 Å². The number of anilines is 1. The molecule has 1 aliphatic carbocycles. The Kier molecular flexibility index (Phi) is 4.93. The van der Waals surface area contributed by atoms with Gasteiger partial charge in [0.2, 0.25) is 0 Å². The lowest BCUT2D eigenvalue weighted by Gasteiger charge is -2.20. The summed E-state index contributed by atoms with van der Waals surface area (Å²) in [7, 11) is 4.19. The van der Waals surface area contributed by atoms with Gasteiger partial charge in [-0.1, -0.05) is 11.3 Å². The summed E-state index contributed by atoms with van der Waals surface area (Å²) in [4.78, 5) is 21.9. The van der Waals surface area contributed by atoms with E-state index >= 15 is 0 Å². The maximum Gasteiger partial charge on any atom is 0.186 e. The summed E-state index contributed by atoms with van der Waals surface area (Å²) in [5.74, 6) is 0.286. The molecule has 0 aliphatic heterocycles. The maximum absolute atomic E-state index is 11.9. The van der Waals surface area contributed by atoms with Gasteiger partial charge < -0.3 is 9.80 Å². The van der Waals surface area contributed by atoms with E-state index in [0.717, 1.165) is 54.6 Å². The highest BCUT2D eigenvalue weighted by Gasteiger charge is 2.23. The van der Waals surface area contributed by atoms with Gasteiger partial charge in [-0.05, 0) is 46.8 Å². The number of nitrogens with zero attached hydrogens (tertiary/aromatic N) is 3. The molecule has 4 nitrogen and oxygen atoms in total. The molecule has 19 heavy (non-hydrogen) atoms. The number of fused-ring (bicyclic) bond motifs is 1. The fraction of sp³-hybridized carbons (Fsp3) is 0.714. The average molecular weight is 281 g/mol. The van der Waals surface area contributed by atoms with E-state index in [2.05, 4.69) is 35.8 Å². The van der Waals surface area contributed by atoms with Gasteiger partial charge in [0, 0.05) is 19.5 Å². The van der Waals surface area contributed by atoms with Crippen molar-refractivity contribution in [2.24, 2.45) is 0 Å². The van der Waals surface area contributed by atoms with Crippen molar-refractivity contribution >= 4 is 22.3 Å². The predicted octanol–water partition coefficient (Wildman–Crippen LogP) is 2.44. The number of rotatable bonds is 6. The van der Waals surface area contributed by atoms with Gasteiger partial charge in [0.1, 0.15) is 0 Å². The number of ketones is 1. The van der Waals surface area contributed by atoms with Gasteiger partial charge in [-0.2, -0.15) is 0 Å². The highest BCUT2D eigenvalue weighted by Crippen LogP contribution is 2.31. The molecule has 1 aliphatic rings. The quantitative estimate of drug-likeness (QED) is 0.802. The van der Waals surface area contributed by atoms with Crippen LogP contribution in [0.4, 0.5) is 5.13 Å². The van der Waals surface area contributed by atoms with Crippen molar-refractivity contribution < 1.29 is 4.79 Å². The van der Waals surface area contributed by atoms with Crippen LogP contribution in [0.5, 0.6) is 0 Å². The van der Waals surface area contributed by atoms with Gasteiger partial charge >= 0.3 is 0 Å². The molecule has 1 heterocycles. The summed E-state index contributed by atoms with van der Waals surface area (Å²) in [6.45, 7) is 5.20. The van der Waals surface area contributed by atoms with E-state index in [9.17, 15) is 4.79 Å². The Bertz CT molecular complexity index is 442. The SMILES string of the molecule is CCN(CCCN(C)C)c1nc2c(s1)C(=O)CCC2. The van der Waals surface area contributed by atoms with Crippen LogP contribution in [0.1, 0.15) is 41.6 Å². The molecule has 2 rings (SSSR count). The topological polar surface area (TPSA) is 36.4 Å². The molecular weight excluding hydrogens is 258 g/mol. The summed E-state index contributed by atoms with van der Waals surface area (Å²) < 4.78 is 0. The van der Waals surface area contributed by atoms with Crippen LogP contribution in [0, 0.1) is 0 Å². The fourth-order valence-electron chi connectivity index (χ4n) is 2.36. The van der Waals surface area contributed by atoms with Crippen LogP contribution >= 0.6 is 11.3 Å². The number of hydrogen-bond acceptors (Lipinski definition) is 5. The second-order valence-corrected chi connectivity index (χ2v) is 6.26. The third-order valence-corrected chi connectivity index (χ3v) is 4.64. The van der Waals surface area contributed by atoms with E-state index in [0.29, 0.717) is 6.42 Å². The lowest BCUT2D eigenvalue weighted by Crippen LogP contribution is -2.26. The summed E-state index contributed by atoms with van der Waals surface area (Å²) in [6.07, 6.45) is 3.75. The van der Waals surface area contributed by atoms with Gasteiger partial charge in [0.25, 0.3) is 0 Å². The van der Waals surface area contributed by atoms with Crippen LogP contribution in [0.2, 0.25) is 0 Å². The molecule has 0 radical (unpaired) electrons. The van der Waals surface area contributed by atoms with Gasteiger partial charge in [-0.25, -0.2) is 4.98 Å². The first-order valence-corrected chi connectivity index (χ1v) is 7.86. The third-order valence-electron chi connectivity index (χ3n) is 3.44. The molecule has 1 aromatic rings. The van der Waals surface area contributed by atoms with Crippen molar-refractivity contribution in [1.29, 1.82) is 0 Å². The summed E-state index contributed by atoms with van der Waals surface area (Å²) in [6, 6.07) is 0. The minimum Gasteiger partial charge on any atom is -0.348 e. The molecular formula is C14H23N3OS. The van der Waals surface area contributed by atoms with E-state index in [4.69, 9.17) is 0 Å². The third kappa shape index (κ3) is 3.54. The molecule has 5 heteroatoms. The minimum atomic E-state index is 0.286. The summed E-state index contributed by atoms with van der Waals surface area (Å²) in [5.41, 5.74) is 1.03. The van der Waals surface area contributed by atoms with E-state index in [-0.39, 0.29) is 5.78 Å². The summed E-state index contributed by atoms with van der Waals surface area (Å²) in [5, 5.41) is 1.03. The molecule has 0 N–H and O–H groups in total. The molecule has 0 amide bonds. The lowest BCUT2D eigenvalue weighted by atomic mass is 10.0. The van der Waals surface area contributed by atoms with E-state index < -0.39 is 0 Å². The smallest absolute Gasteiger partial charge is 0.186 e. The second kappa shape index (κ2) is 6.48. The number of carbonyl (C=O) groups is 1. The van der Waals surface area contributed by atoms with Crippen molar-refractivity contribution in [3.05, 3.63) is 10.6 Å². The molecule has 0 bridgehead atoms. The number of thiazole rings is 1. The van der Waals surface area contributed by atoms with E-state index in [1.54, 1.807) is 11.3 Å². The van der Waals surface area contributed by atoms with Gasteiger partial charge in [-0.3, -0.25) is 4.79 Å². The van der Waals surface area contributed by atoms with Crippen LogP contribution in [0.3, 0.4) is 0 Å². The number of hydrogen-bond donors (Lipinski definition) is 0. The number of aryl methyl sites for hydroxylation is 1. The Labute approximate surface area is 119 Å². The largest absolute Gasteiger partial charge is 0.348 e. The molecule has 0 atom stereocenters. The first-order valence-electron chi connectivity index (χ1n) is 7.04. The van der Waals surface area contributed by atoms with E-state index in [1.807, 2.05) is 0 Å². The maximum atomic E-state index is 11.9. The Morgan fingerprint density at radius 1 is 1.26 bits per heavy atom. The number of aromatic nitrogens is 1. The zero-order valence-electron chi connectivity index (χ0n) is 12.1.